The number of hydrogen-bond donors (Lipinski definition) is 2. The summed E-state index contributed by atoms with van der Waals surface area (Å²) in [5, 5.41) is 20.0. The van der Waals surface area contributed by atoms with Crippen LogP contribution >= 0.6 is 0 Å². The van der Waals surface area contributed by atoms with Crippen LogP contribution in [0.25, 0.3) is 11.4 Å². The highest BCUT2D eigenvalue weighted by molar-refractivity contribution is 5.62. The lowest BCUT2D eigenvalue weighted by Crippen LogP contribution is -2.01. The van der Waals surface area contributed by atoms with Crippen LogP contribution in [0.2, 0.25) is 0 Å². The van der Waals surface area contributed by atoms with Crippen LogP contribution in [0.15, 0.2) is 30.3 Å². The van der Waals surface area contributed by atoms with Gasteiger partial charge in [0.2, 0.25) is 0 Å². The molecule has 0 saturated heterocycles. The predicted octanol–water partition coefficient (Wildman–Crippen LogP) is 3.48. The molecule has 6 heteroatoms. The standard InChI is InChI=1S/C19H20N6/c1-12-15(9-17(10-20)25(12)2)11-21-16-5-3-4-14(8-16)19-22-18(23-24-19)13-6-7-13/h3-5,8-9,13,21H,6-7,11H2,1-2H3,(H,22,23,24). The Labute approximate surface area is 146 Å². The number of benzene rings is 1. The SMILES string of the molecule is Cc1c(CNc2cccc(-c3n[nH]c(C4CC4)n3)c2)cc(C#N)n1C. The van der Waals surface area contributed by atoms with Crippen LogP contribution in [0.4, 0.5) is 5.69 Å². The smallest absolute Gasteiger partial charge is 0.181 e. The zero-order chi connectivity index (χ0) is 17.4. The molecule has 1 aliphatic carbocycles. The molecule has 1 aromatic carbocycles. The number of rotatable bonds is 5. The van der Waals surface area contributed by atoms with Gasteiger partial charge in [-0.1, -0.05) is 12.1 Å². The van der Waals surface area contributed by atoms with Gasteiger partial charge >= 0.3 is 0 Å². The Hall–Kier alpha value is -3.07. The second-order valence-corrected chi connectivity index (χ2v) is 6.56. The van der Waals surface area contributed by atoms with Crippen LogP contribution < -0.4 is 5.32 Å². The molecule has 0 spiro atoms. The first-order valence-electron chi connectivity index (χ1n) is 8.47. The van der Waals surface area contributed by atoms with Crippen molar-refractivity contribution in [3.63, 3.8) is 0 Å². The van der Waals surface area contributed by atoms with E-state index in [1.165, 1.54) is 12.8 Å². The van der Waals surface area contributed by atoms with E-state index >= 15 is 0 Å². The maximum atomic E-state index is 9.14. The number of nitriles is 1. The molecule has 2 N–H and O–H groups in total. The van der Waals surface area contributed by atoms with Gasteiger partial charge in [-0.05, 0) is 43.5 Å². The maximum Gasteiger partial charge on any atom is 0.181 e. The summed E-state index contributed by atoms with van der Waals surface area (Å²) in [6, 6.07) is 12.3. The third-order valence-electron chi connectivity index (χ3n) is 4.83. The highest BCUT2D eigenvalue weighted by atomic mass is 15.2. The molecule has 2 heterocycles. The first-order chi connectivity index (χ1) is 12.2. The topological polar surface area (TPSA) is 82.3 Å². The molecule has 1 saturated carbocycles. The molecule has 126 valence electrons. The van der Waals surface area contributed by atoms with Gasteiger partial charge in [0.1, 0.15) is 17.6 Å². The number of nitrogens with one attached hydrogen (secondary N) is 2. The average Bonchev–Trinajstić information content (AvgIpc) is 3.30. The Balaban J connectivity index is 1.50. The van der Waals surface area contributed by atoms with Crippen molar-refractivity contribution in [3.8, 4) is 17.5 Å². The van der Waals surface area contributed by atoms with Crippen LogP contribution in [0.3, 0.4) is 0 Å². The molecule has 0 aliphatic heterocycles. The van der Waals surface area contributed by atoms with Gasteiger partial charge in [0.05, 0.1) is 0 Å². The minimum Gasteiger partial charge on any atom is -0.381 e. The molecule has 0 bridgehead atoms. The van der Waals surface area contributed by atoms with Crippen molar-refractivity contribution >= 4 is 5.69 Å². The van der Waals surface area contributed by atoms with Gasteiger partial charge in [-0.3, -0.25) is 5.10 Å². The van der Waals surface area contributed by atoms with E-state index in [1.807, 2.05) is 42.8 Å². The summed E-state index contributed by atoms with van der Waals surface area (Å²) < 4.78 is 1.92. The normalized spacial score (nSPS) is 13.6. The molecule has 2 aromatic heterocycles. The molecule has 0 atom stereocenters. The summed E-state index contributed by atoms with van der Waals surface area (Å²) in [5.74, 6) is 2.31. The molecule has 1 aliphatic rings. The molecule has 1 fully saturated rings. The first kappa shape index (κ1) is 15.5. The highest BCUT2D eigenvalue weighted by Gasteiger charge is 2.27. The summed E-state index contributed by atoms with van der Waals surface area (Å²) >= 11 is 0. The number of anilines is 1. The quantitative estimate of drug-likeness (QED) is 0.749. The highest BCUT2D eigenvalue weighted by Crippen LogP contribution is 2.38. The number of H-pyrrole nitrogens is 1. The first-order valence-corrected chi connectivity index (χ1v) is 8.47. The second kappa shape index (κ2) is 6.10. The summed E-state index contributed by atoms with van der Waals surface area (Å²) in [6.07, 6.45) is 2.41. The van der Waals surface area contributed by atoms with Crippen molar-refractivity contribution in [2.45, 2.75) is 32.2 Å². The molecule has 0 radical (unpaired) electrons. The fraction of sp³-hybridized carbons (Fsp3) is 0.316. The maximum absolute atomic E-state index is 9.14. The molecule has 4 rings (SSSR count). The van der Waals surface area contributed by atoms with Crippen molar-refractivity contribution in [3.05, 3.63) is 53.1 Å². The minimum atomic E-state index is 0.568. The molecule has 25 heavy (non-hydrogen) atoms. The van der Waals surface area contributed by atoms with E-state index in [1.54, 1.807) is 0 Å². The van der Waals surface area contributed by atoms with E-state index in [4.69, 9.17) is 5.26 Å². The van der Waals surface area contributed by atoms with Crippen molar-refractivity contribution in [1.29, 1.82) is 5.26 Å². The Morgan fingerprint density at radius 2 is 2.20 bits per heavy atom. The van der Waals surface area contributed by atoms with Crippen molar-refractivity contribution in [1.82, 2.24) is 19.7 Å². The van der Waals surface area contributed by atoms with Gasteiger partial charge in [-0.15, -0.1) is 0 Å². The monoisotopic (exact) mass is 332 g/mol. The predicted molar refractivity (Wildman–Crippen MR) is 96.0 cm³/mol. The van der Waals surface area contributed by atoms with Gasteiger partial charge in [0.25, 0.3) is 0 Å². The number of aromatic amines is 1. The van der Waals surface area contributed by atoms with E-state index in [9.17, 15) is 0 Å². The zero-order valence-corrected chi connectivity index (χ0v) is 14.4. The Morgan fingerprint density at radius 3 is 2.92 bits per heavy atom. The molecule has 0 unspecified atom stereocenters. The zero-order valence-electron chi connectivity index (χ0n) is 14.4. The van der Waals surface area contributed by atoms with E-state index < -0.39 is 0 Å². The van der Waals surface area contributed by atoms with Crippen LogP contribution in [-0.2, 0) is 13.6 Å². The fourth-order valence-corrected chi connectivity index (χ4v) is 2.96. The van der Waals surface area contributed by atoms with Gasteiger partial charge in [0, 0.05) is 36.5 Å². The van der Waals surface area contributed by atoms with Crippen molar-refractivity contribution < 1.29 is 0 Å². The Bertz CT molecular complexity index is 955. The van der Waals surface area contributed by atoms with Gasteiger partial charge < -0.3 is 9.88 Å². The number of nitrogens with zero attached hydrogens (tertiary/aromatic N) is 4. The van der Waals surface area contributed by atoms with E-state index in [0.29, 0.717) is 18.2 Å². The molecule has 0 amide bonds. The lowest BCUT2D eigenvalue weighted by Gasteiger charge is -2.08. The summed E-state index contributed by atoms with van der Waals surface area (Å²) in [6.45, 7) is 2.70. The average molecular weight is 332 g/mol. The lowest BCUT2D eigenvalue weighted by atomic mass is 10.2. The van der Waals surface area contributed by atoms with Crippen LogP contribution in [0, 0.1) is 18.3 Å². The third-order valence-corrected chi connectivity index (χ3v) is 4.83. The summed E-state index contributed by atoms with van der Waals surface area (Å²) in [7, 11) is 1.92. The van der Waals surface area contributed by atoms with Crippen LogP contribution in [-0.4, -0.2) is 19.7 Å². The fourth-order valence-electron chi connectivity index (χ4n) is 2.96. The van der Waals surface area contributed by atoms with Crippen LogP contribution in [0.1, 0.15) is 41.5 Å². The second-order valence-electron chi connectivity index (χ2n) is 6.56. The van der Waals surface area contributed by atoms with Crippen molar-refractivity contribution in [2.75, 3.05) is 5.32 Å². The molecular formula is C19H20N6. The number of aromatic nitrogens is 4. The van der Waals surface area contributed by atoms with Gasteiger partial charge in [-0.25, -0.2) is 4.98 Å². The minimum absolute atomic E-state index is 0.568. The van der Waals surface area contributed by atoms with Crippen molar-refractivity contribution in [2.24, 2.45) is 7.05 Å². The number of hydrogen-bond acceptors (Lipinski definition) is 4. The van der Waals surface area contributed by atoms with E-state index in [2.05, 4.69) is 32.6 Å². The third kappa shape index (κ3) is 3.01. The molecule has 3 aromatic rings. The largest absolute Gasteiger partial charge is 0.381 e. The Morgan fingerprint density at radius 1 is 1.36 bits per heavy atom. The Kier molecular flexibility index (Phi) is 3.77. The van der Waals surface area contributed by atoms with Gasteiger partial charge in [0.15, 0.2) is 5.82 Å². The summed E-state index contributed by atoms with van der Waals surface area (Å²) in [5.41, 5.74) is 4.91. The molecule has 6 nitrogen and oxygen atoms in total. The van der Waals surface area contributed by atoms with Gasteiger partial charge in [-0.2, -0.15) is 10.4 Å². The summed E-state index contributed by atoms with van der Waals surface area (Å²) in [4.78, 5) is 4.61. The van der Waals surface area contributed by atoms with E-state index in [0.717, 1.165) is 34.2 Å². The lowest BCUT2D eigenvalue weighted by molar-refractivity contribution is 0.856. The molecular weight excluding hydrogens is 312 g/mol. The van der Waals surface area contributed by atoms with Crippen LogP contribution in [0.5, 0.6) is 0 Å². The van der Waals surface area contributed by atoms with E-state index in [-0.39, 0.29) is 0 Å².